The van der Waals surface area contributed by atoms with Crippen molar-refractivity contribution in [3.05, 3.63) is 80.1 Å². The van der Waals surface area contributed by atoms with E-state index in [2.05, 4.69) is 10.3 Å². The Kier molecular flexibility index (Phi) is 6.20. The fraction of sp³-hybridized carbons (Fsp3) is 0.125. The lowest BCUT2D eigenvalue weighted by molar-refractivity contribution is 0.100. The number of para-hydroxylation sites is 1. The molecule has 0 bridgehead atoms. The van der Waals surface area contributed by atoms with Crippen molar-refractivity contribution in [1.82, 2.24) is 4.98 Å². The van der Waals surface area contributed by atoms with E-state index in [9.17, 15) is 9.59 Å². The van der Waals surface area contributed by atoms with Crippen LogP contribution in [0.5, 0.6) is 0 Å². The highest BCUT2D eigenvalue weighted by atomic mass is 35.5. The minimum Gasteiger partial charge on any atom is -0.365 e. The van der Waals surface area contributed by atoms with E-state index in [1.165, 1.54) is 11.3 Å². The minimum absolute atomic E-state index is 0.360. The van der Waals surface area contributed by atoms with E-state index < -0.39 is 5.91 Å². The van der Waals surface area contributed by atoms with Gasteiger partial charge in [-0.1, -0.05) is 48.3 Å². The Labute approximate surface area is 199 Å². The second-order valence-corrected chi connectivity index (χ2v) is 9.28. The number of rotatable bonds is 5. The number of aryl methyl sites for hydroxylation is 1. The van der Waals surface area contributed by atoms with E-state index in [0.29, 0.717) is 54.8 Å². The van der Waals surface area contributed by atoms with E-state index in [-0.39, 0.29) is 5.91 Å². The van der Waals surface area contributed by atoms with Gasteiger partial charge in [-0.3, -0.25) is 9.59 Å². The summed E-state index contributed by atoms with van der Waals surface area (Å²) in [5.74, 6) is -0.920. The zero-order valence-electron chi connectivity index (χ0n) is 17.3. The maximum atomic E-state index is 13.4. The van der Waals surface area contributed by atoms with E-state index in [4.69, 9.17) is 28.9 Å². The number of hydrogen-bond acceptors (Lipinski definition) is 4. The number of nitrogens with two attached hydrogens (primary N) is 1. The number of nitrogens with one attached hydrogen (secondary N) is 1. The van der Waals surface area contributed by atoms with Gasteiger partial charge >= 0.3 is 0 Å². The molecule has 4 aromatic rings. The van der Waals surface area contributed by atoms with Crippen molar-refractivity contribution in [3.63, 3.8) is 0 Å². The zero-order valence-corrected chi connectivity index (χ0v) is 19.7. The summed E-state index contributed by atoms with van der Waals surface area (Å²) in [6.45, 7) is 3.86. The average molecular weight is 484 g/mol. The number of benzene rings is 2. The van der Waals surface area contributed by atoms with Crippen LogP contribution in [0.4, 0.5) is 5.00 Å². The highest BCUT2D eigenvalue weighted by Gasteiger charge is 2.22. The van der Waals surface area contributed by atoms with Gasteiger partial charge in [0.15, 0.2) is 0 Å². The minimum atomic E-state index is -0.560. The quantitative estimate of drug-likeness (QED) is 0.340. The molecule has 2 heterocycles. The first kappa shape index (κ1) is 22.3. The lowest BCUT2D eigenvalue weighted by atomic mass is 10.0. The molecule has 0 aliphatic rings. The number of pyridine rings is 1. The van der Waals surface area contributed by atoms with Crippen LogP contribution in [0.15, 0.2) is 48.5 Å². The molecule has 0 aliphatic heterocycles. The van der Waals surface area contributed by atoms with Gasteiger partial charge < -0.3 is 11.1 Å². The number of nitrogens with zero attached hydrogens (tertiary/aromatic N) is 1. The van der Waals surface area contributed by atoms with Gasteiger partial charge in [0.05, 0.1) is 27.4 Å². The molecule has 3 N–H and O–H groups in total. The number of thiophene rings is 1. The van der Waals surface area contributed by atoms with Crippen LogP contribution in [0.25, 0.3) is 22.2 Å². The summed E-state index contributed by atoms with van der Waals surface area (Å²) in [6, 6.07) is 14.2. The van der Waals surface area contributed by atoms with Crippen LogP contribution in [0.1, 0.15) is 38.1 Å². The summed E-state index contributed by atoms with van der Waals surface area (Å²) in [5.41, 5.74) is 9.10. The Hall–Kier alpha value is -2.93. The maximum Gasteiger partial charge on any atom is 0.257 e. The fourth-order valence-electron chi connectivity index (χ4n) is 3.72. The molecule has 5 nitrogen and oxygen atoms in total. The Morgan fingerprint density at radius 1 is 1.12 bits per heavy atom. The largest absolute Gasteiger partial charge is 0.365 e. The fourth-order valence-corrected chi connectivity index (χ4v) is 5.37. The van der Waals surface area contributed by atoms with Crippen molar-refractivity contribution in [2.75, 3.05) is 5.32 Å². The van der Waals surface area contributed by atoms with Gasteiger partial charge in [0.25, 0.3) is 11.8 Å². The molecule has 162 valence electrons. The van der Waals surface area contributed by atoms with Crippen molar-refractivity contribution >= 4 is 62.3 Å². The summed E-state index contributed by atoms with van der Waals surface area (Å²) < 4.78 is 0. The lowest BCUT2D eigenvalue weighted by Gasteiger charge is -2.12. The average Bonchev–Trinajstić information content (AvgIpc) is 3.07. The zero-order chi connectivity index (χ0) is 23.0. The van der Waals surface area contributed by atoms with Gasteiger partial charge in [0.1, 0.15) is 5.00 Å². The second kappa shape index (κ2) is 8.90. The van der Waals surface area contributed by atoms with Gasteiger partial charge in [-0.25, -0.2) is 4.98 Å². The van der Waals surface area contributed by atoms with Gasteiger partial charge in [0.2, 0.25) is 0 Å². The van der Waals surface area contributed by atoms with Gasteiger partial charge in [-0.2, -0.15) is 0 Å². The third kappa shape index (κ3) is 4.09. The van der Waals surface area contributed by atoms with E-state index in [1.54, 1.807) is 24.3 Å². The predicted molar refractivity (Wildman–Crippen MR) is 132 cm³/mol. The third-order valence-electron chi connectivity index (χ3n) is 5.20. The molecule has 0 radical (unpaired) electrons. The number of carbonyl (C=O) groups excluding carboxylic acids is 2. The highest BCUT2D eigenvalue weighted by Crippen LogP contribution is 2.35. The number of primary amides is 1. The van der Waals surface area contributed by atoms with Gasteiger partial charge in [-0.15, -0.1) is 11.3 Å². The summed E-state index contributed by atoms with van der Waals surface area (Å²) in [4.78, 5) is 31.1. The molecule has 2 amide bonds. The predicted octanol–water partition coefficient (Wildman–Crippen LogP) is 6.49. The smallest absolute Gasteiger partial charge is 0.257 e. The molecular weight excluding hydrogens is 465 g/mol. The molecule has 0 fully saturated rings. The molecule has 0 atom stereocenters. The molecule has 0 unspecified atom stereocenters. The van der Waals surface area contributed by atoms with Crippen LogP contribution in [0.2, 0.25) is 10.0 Å². The van der Waals surface area contributed by atoms with Crippen molar-refractivity contribution in [2.45, 2.75) is 20.3 Å². The lowest BCUT2D eigenvalue weighted by Crippen LogP contribution is -2.18. The van der Waals surface area contributed by atoms with Gasteiger partial charge in [0, 0.05) is 20.8 Å². The van der Waals surface area contributed by atoms with Crippen molar-refractivity contribution < 1.29 is 9.59 Å². The van der Waals surface area contributed by atoms with E-state index in [0.717, 1.165) is 10.4 Å². The number of carbonyl (C=O) groups is 2. The van der Waals surface area contributed by atoms with Crippen molar-refractivity contribution in [3.8, 4) is 11.3 Å². The molecule has 0 aliphatic carbocycles. The van der Waals surface area contributed by atoms with Crippen LogP contribution in [-0.2, 0) is 6.42 Å². The standard InChI is InChI=1S/C24H19Cl2N3O2S/c1-3-14-12(2)32-24(21(14)22(27)30)29-23(31)17-11-20(16-9-8-13(25)10-18(16)26)28-19-7-5-4-6-15(17)19/h4-11H,3H2,1-2H3,(H2,27,30)(H,29,31). The molecule has 8 heteroatoms. The highest BCUT2D eigenvalue weighted by molar-refractivity contribution is 7.16. The molecule has 2 aromatic heterocycles. The van der Waals surface area contributed by atoms with Gasteiger partial charge in [-0.05, 0) is 49.2 Å². The Balaban J connectivity index is 1.84. The van der Waals surface area contributed by atoms with Crippen LogP contribution < -0.4 is 11.1 Å². The number of amides is 2. The van der Waals surface area contributed by atoms with E-state index in [1.807, 2.05) is 38.1 Å². The van der Waals surface area contributed by atoms with Crippen molar-refractivity contribution in [2.24, 2.45) is 5.73 Å². The normalized spacial score (nSPS) is 11.0. The molecule has 0 spiro atoms. The Morgan fingerprint density at radius 3 is 2.56 bits per heavy atom. The topological polar surface area (TPSA) is 85.1 Å². The van der Waals surface area contributed by atoms with Crippen LogP contribution in [0.3, 0.4) is 0 Å². The number of anilines is 1. The Bertz CT molecular complexity index is 1380. The Morgan fingerprint density at radius 2 is 1.88 bits per heavy atom. The summed E-state index contributed by atoms with van der Waals surface area (Å²) in [6.07, 6.45) is 0.647. The first-order valence-corrected chi connectivity index (χ1v) is 11.5. The second-order valence-electron chi connectivity index (χ2n) is 7.21. The molecule has 32 heavy (non-hydrogen) atoms. The summed E-state index contributed by atoms with van der Waals surface area (Å²) in [5, 5.41) is 4.97. The van der Waals surface area contributed by atoms with Crippen LogP contribution >= 0.6 is 34.5 Å². The molecule has 2 aromatic carbocycles. The summed E-state index contributed by atoms with van der Waals surface area (Å²) in [7, 11) is 0. The van der Waals surface area contributed by atoms with E-state index >= 15 is 0 Å². The number of fused-ring (bicyclic) bond motifs is 1. The monoisotopic (exact) mass is 483 g/mol. The number of hydrogen-bond donors (Lipinski definition) is 2. The van der Waals surface area contributed by atoms with Crippen LogP contribution in [0, 0.1) is 6.92 Å². The van der Waals surface area contributed by atoms with Crippen molar-refractivity contribution in [1.29, 1.82) is 0 Å². The molecule has 0 saturated carbocycles. The first-order valence-electron chi connectivity index (χ1n) is 9.88. The maximum absolute atomic E-state index is 13.4. The summed E-state index contributed by atoms with van der Waals surface area (Å²) >= 11 is 13.8. The SMILES string of the molecule is CCc1c(C)sc(NC(=O)c2cc(-c3ccc(Cl)cc3Cl)nc3ccccc23)c1C(N)=O. The third-order valence-corrected chi connectivity index (χ3v) is 6.81. The first-order chi connectivity index (χ1) is 15.3. The van der Waals surface area contributed by atoms with Crippen LogP contribution in [-0.4, -0.2) is 16.8 Å². The molecular formula is C24H19Cl2N3O2S. The number of aromatic nitrogens is 1. The number of halogens is 2. The molecule has 0 saturated heterocycles. The molecule has 4 rings (SSSR count).